The van der Waals surface area contributed by atoms with Gasteiger partial charge in [0.05, 0.1) is 5.39 Å². The minimum Gasteiger partial charge on any atom is -0.259 e. The molecule has 0 aliphatic heterocycles. The number of nitrogens with one attached hydrogen (secondary N) is 2. The van der Waals surface area contributed by atoms with Gasteiger partial charge in [0.2, 0.25) is 5.03 Å². The van der Waals surface area contributed by atoms with Crippen molar-refractivity contribution in [2.24, 2.45) is 0 Å². The summed E-state index contributed by atoms with van der Waals surface area (Å²) in [6.45, 7) is 6.76. The van der Waals surface area contributed by atoms with Crippen LogP contribution in [-0.2, 0) is 22.0 Å². The molecule has 0 radical (unpaired) electrons. The Bertz CT molecular complexity index is 976. The van der Waals surface area contributed by atoms with Crippen molar-refractivity contribution >= 4 is 21.1 Å². The predicted octanol–water partition coefficient (Wildman–Crippen LogP) is 3.12. The first kappa shape index (κ1) is 17.6. The van der Waals surface area contributed by atoms with E-state index in [0.29, 0.717) is 11.0 Å². The molecule has 0 saturated heterocycles. The van der Waals surface area contributed by atoms with Crippen molar-refractivity contribution in [2.45, 2.75) is 44.2 Å². The van der Waals surface area contributed by atoms with Crippen LogP contribution in [0.15, 0.2) is 47.6 Å². The van der Waals surface area contributed by atoms with Crippen molar-refractivity contribution in [3.05, 3.63) is 53.7 Å². The van der Waals surface area contributed by atoms with Gasteiger partial charge in [0.25, 0.3) is 10.0 Å². The summed E-state index contributed by atoms with van der Waals surface area (Å²) in [5, 5.41) is 6.99. The SMILES string of the molecule is CCC(C)(C)c1ccc(CNS(=O)(=O)c2n[nH]c3ncccc23)cc1. The number of nitrogens with zero attached hydrogens (tertiary/aromatic N) is 2. The molecule has 25 heavy (non-hydrogen) atoms. The normalized spacial score (nSPS) is 12.6. The van der Waals surface area contributed by atoms with Crippen molar-refractivity contribution in [2.75, 3.05) is 0 Å². The Morgan fingerprint density at radius 2 is 1.88 bits per heavy atom. The van der Waals surface area contributed by atoms with Crippen LogP contribution < -0.4 is 4.72 Å². The molecule has 0 bridgehead atoms. The highest BCUT2D eigenvalue weighted by molar-refractivity contribution is 7.89. The Morgan fingerprint density at radius 1 is 1.16 bits per heavy atom. The minimum absolute atomic E-state index is 0.0284. The van der Waals surface area contributed by atoms with Gasteiger partial charge in [0.1, 0.15) is 0 Å². The molecule has 0 unspecified atom stereocenters. The van der Waals surface area contributed by atoms with E-state index in [1.165, 1.54) is 5.56 Å². The monoisotopic (exact) mass is 358 g/mol. The number of fused-ring (bicyclic) bond motifs is 1. The molecule has 0 saturated carbocycles. The molecule has 0 amide bonds. The summed E-state index contributed by atoms with van der Waals surface area (Å²) >= 11 is 0. The van der Waals surface area contributed by atoms with Gasteiger partial charge in [-0.2, -0.15) is 5.10 Å². The van der Waals surface area contributed by atoms with Crippen LogP contribution in [0.25, 0.3) is 11.0 Å². The standard InChI is InChI=1S/C18H22N4O2S/c1-4-18(2,3)14-9-7-13(8-10-14)12-20-25(23,24)17-15-6-5-11-19-16(15)21-22-17/h5-11,20H,4,12H2,1-3H3,(H,19,21,22). The van der Waals surface area contributed by atoms with Crippen LogP contribution in [0.1, 0.15) is 38.3 Å². The third-order valence-corrected chi connectivity index (χ3v) is 5.99. The van der Waals surface area contributed by atoms with Crippen LogP contribution in [0, 0.1) is 0 Å². The summed E-state index contributed by atoms with van der Waals surface area (Å²) in [5.74, 6) is 0. The lowest BCUT2D eigenvalue weighted by Crippen LogP contribution is -2.24. The Labute approximate surface area is 147 Å². The molecular weight excluding hydrogens is 336 g/mol. The molecule has 3 aromatic rings. The first-order valence-electron chi connectivity index (χ1n) is 8.22. The van der Waals surface area contributed by atoms with E-state index in [4.69, 9.17) is 0 Å². The third-order valence-electron chi connectivity index (χ3n) is 4.64. The predicted molar refractivity (Wildman–Crippen MR) is 97.7 cm³/mol. The van der Waals surface area contributed by atoms with Crippen molar-refractivity contribution in [1.82, 2.24) is 19.9 Å². The number of hydrogen-bond acceptors (Lipinski definition) is 4. The number of aromatic amines is 1. The van der Waals surface area contributed by atoms with Crippen molar-refractivity contribution in [1.29, 1.82) is 0 Å². The van der Waals surface area contributed by atoms with E-state index in [9.17, 15) is 8.42 Å². The minimum atomic E-state index is -3.72. The van der Waals surface area contributed by atoms with E-state index in [2.05, 4.69) is 52.8 Å². The summed E-state index contributed by atoms with van der Waals surface area (Å²) in [4.78, 5) is 4.06. The van der Waals surface area contributed by atoms with E-state index in [-0.39, 0.29) is 17.0 Å². The van der Waals surface area contributed by atoms with Crippen LogP contribution in [0.5, 0.6) is 0 Å². The second kappa shape index (κ2) is 6.57. The summed E-state index contributed by atoms with van der Waals surface area (Å²) in [6.07, 6.45) is 2.63. The maximum Gasteiger partial charge on any atom is 0.260 e. The van der Waals surface area contributed by atoms with Crippen molar-refractivity contribution < 1.29 is 8.42 Å². The number of hydrogen-bond donors (Lipinski definition) is 2. The Morgan fingerprint density at radius 3 is 2.56 bits per heavy atom. The molecule has 6 nitrogen and oxygen atoms in total. The third kappa shape index (κ3) is 3.57. The number of H-pyrrole nitrogens is 1. The summed E-state index contributed by atoms with van der Waals surface area (Å²) in [5.41, 5.74) is 2.70. The van der Waals surface area contributed by atoms with Crippen LogP contribution >= 0.6 is 0 Å². The number of aromatic nitrogens is 3. The fourth-order valence-corrected chi connectivity index (χ4v) is 3.67. The average molecular weight is 358 g/mol. The van der Waals surface area contributed by atoms with Crippen LogP contribution in [0.2, 0.25) is 0 Å². The van der Waals surface area contributed by atoms with E-state index in [1.807, 2.05) is 12.1 Å². The Hall–Kier alpha value is -2.25. The van der Waals surface area contributed by atoms with Gasteiger partial charge in [-0.3, -0.25) is 5.10 Å². The van der Waals surface area contributed by atoms with Crippen LogP contribution in [0.3, 0.4) is 0 Å². The van der Waals surface area contributed by atoms with Gasteiger partial charge in [-0.1, -0.05) is 45.0 Å². The molecule has 0 spiro atoms. The van der Waals surface area contributed by atoms with Crippen molar-refractivity contribution in [3.8, 4) is 0 Å². The highest BCUT2D eigenvalue weighted by Crippen LogP contribution is 2.26. The van der Waals surface area contributed by atoms with Gasteiger partial charge in [-0.15, -0.1) is 0 Å². The van der Waals surface area contributed by atoms with Gasteiger partial charge in [-0.25, -0.2) is 18.1 Å². The molecule has 132 valence electrons. The molecule has 0 fully saturated rings. The highest BCUT2D eigenvalue weighted by atomic mass is 32.2. The zero-order valence-corrected chi connectivity index (χ0v) is 15.4. The largest absolute Gasteiger partial charge is 0.260 e. The summed E-state index contributed by atoms with van der Waals surface area (Å²) < 4.78 is 27.7. The van der Waals surface area contributed by atoms with Crippen molar-refractivity contribution in [3.63, 3.8) is 0 Å². The number of benzene rings is 1. The zero-order chi connectivity index (χ0) is 18.1. The maximum atomic E-state index is 12.5. The zero-order valence-electron chi connectivity index (χ0n) is 14.6. The van der Waals surface area contributed by atoms with E-state index < -0.39 is 10.0 Å². The Balaban J connectivity index is 1.76. The molecule has 1 aromatic carbocycles. The Kier molecular flexibility index (Phi) is 4.62. The first-order valence-corrected chi connectivity index (χ1v) is 9.70. The molecule has 0 aliphatic carbocycles. The van der Waals surface area contributed by atoms with E-state index in [1.54, 1.807) is 18.3 Å². The number of rotatable bonds is 6. The average Bonchev–Trinajstić information content (AvgIpc) is 3.05. The highest BCUT2D eigenvalue weighted by Gasteiger charge is 2.21. The quantitative estimate of drug-likeness (QED) is 0.709. The second-order valence-corrected chi connectivity index (χ2v) is 8.37. The lowest BCUT2D eigenvalue weighted by molar-refractivity contribution is 0.506. The van der Waals surface area contributed by atoms with Gasteiger partial charge in [0.15, 0.2) is 5.65 Å². The molecule has 2 aromatic heterocycles. The summed E-state index contributed by atoms with van der Waals surface area (Å²) in [6, 6.07) is 11.4. The molecule has 7 heteroatoms. The summed E-state index contributed by atoms with van der Waals surface area (Å²) in [7, 11) is -3.72. The molecule has 2 heterocycles. The van der Waals surface area contributed by atoms with Gasteiger partial charge in [0, 0.05) is 12.7 Å². The number of pyridine rings is 1. The fraction of sp³-hybridized carbons (Fsp3) is 0.333. The lowest BCUT2D eigenvalue weighted by atomic mass is 9.82. The molecular formula is C18H22N4O2S. The maximum absolute atomic E-state index is 12.5. The van der Waals surface area contributed by atoms with Gasteiger partial charge >= 0.3 is 0 Å². The molecule has 2 N–H and O–H groups in total. The lowest BCUT2D eigenvalue weighted by Gasteiger charge is -2.23. The van der Waals surface area contributed by atoms with Crippen LogP contribution in [-0.4, -0.2) is 23.6 Å². The number of sulfonamides is 1. The second-order valence-electron chi connectivity index (χ2n) is 6.69. The first-order chi connectivity index (χ1) is 11.8. The van der Waals surface area contributed by atoms with Crippen LogP contribution in [0.4, 0.5) is 0 Å². The topological polar surface area (TPSA) is 87.7 Å². The molecule has 3 rings (SSSR count). The van der Waals surface area contributed by atoms with Gasteiger partial charge < -0.3 is 0 Å². The van der Waals surface area contributed by atoms with E-state index in [0.717, 1.165) is 12.0 Å². The smallest absolute Gasteiger partial charge is 0.259 e. The van der Waals surface area contributed by atoms with E-state index >= 15 is 0 Å². The molecule has 0 aliphatic rings. The molecule has 0 atom stereocenters. The fourth-order valence-electron chi connectivity index (χ4n) is 2.56. The van der Waals surface area contributed by atoms with Gasteiger partial charge in [-0.05, 0) is 35.1 Å².